The summed E-state index contributed by atoms with van der Waals surface area (Å²) < 4.78 is 6.62. The Hall–Kier alpha value is -2.11. The van der Waals surface area contributed by atoms with Crippen LogP contribution >= 0.6 is 22.9 Å². The number of nitrogens with zero attached hydrogens (tertiary/aromatic N) is 1. The molecular formula is C16H13ClN2O2S. The van der Waals surface area contributed by atoms with E-state index >= 15 is 0 Å². The summed E-state index contributed by atoms with van der Waals surface area (Å²) in [4.78, 5) is 16.5. The van der Waals surface area contributed by atoms with Gasteiger partial charge in [-0.05, 0) is 43.3 Å². The van der Waals surface area contributed by atoms with E-state index < -0.39 is 6.10 Å². The Morgan fingerprint density at radius 2 is 1.95 bits per heavy atom. The largest absolute Gasteiger partial charge is 0.481 e. The first-order chi connectivity index (χ1) is 10.6. The molecule has 0 fully saturated rings. The highest BCUT2D eigenvalue weighted by Gasteiger charge is 2.16. The Morgan fingerprint density at radius 3 is 2.68 bits per heavy atom. The zero-order valence-corrected chi connectivity index (χ0v) is 13.3. The number of rotatable bonds is 4. The zero-order valence-electron chi connectivity index (χ0n) is 11.7. The summed E-state index contributed by atoms with van der Waals surface area (Å²) in [5.74, 6) is 0.352. The van der Waals surface area contributed by atoms with Crippen LogP contribution in [0.1, 0.15) is 6.92 Å². The van der Waals surface area contributed by atoms with E-state index in [2.05, 4.69) is 10.3 Å². The fourth-order valence-corrected chi connectivity index (χ4v) is 2.90. The SMILES string of the molecule is C[C@@H](Oc1ccc(Cl)cc1)C(=O)Nc1nc2ccccc2s1. The Kier molecular flexibility index (Phi) is 4.27. The maximum Gasteiger partial charge on any atom is 0.266 e. The molecule has 0 radical (unpaired) electrons. The average molecular weight is 333 g/mol. The van der Waals surface area contributed by atoms with Gasteiger partial charge in [-0.2, -0.15) is 0 Å². The molecule has 1 heterocycles. The van der Waals surface area contributed by atoms with Crippen LogP contribution in [0.15, 0.2) is 48.5 Å². The number of aromatic nitrogens is 1. The summed E-state index contributed by atoms with van der Waals surface area (Å²) in [5, 5.41) is 3.97. The van der Waals surface area contributed by atoms with Gasteiger partial charge >= 0.3 is 0 Å². The van der Waals surface area contributed by atoms with Crippen molar-refractivity contribution < 1.29 is 9.53 Å². The minimum atomic E-state index is -0.631. The molecular weight excluding hydrogens is 320 g/mol. The lowest BCUT2D eigenvalue weighted by Gasteiger charge is -2.13. The lowest BCUT2D eigenvalue weighted by molar-refractivity contribution is -0.122. The van der Waals surface area contributed by atoms with Gasteiger partial charge in [0.1, 0.15) is 5.75 Å². The van der Waals surface area contributed by atoms with E-state index in [0.29, 0.717) is 15.9 Å². The molecule has 0 spiro atoms. The first-order valence-corrected chi connectivity index (χ1v) is 7.90. The number of amides is 1. The molecule has 0 bridgehead atoms. The monoisotopic (exact) mass is 332 g/mol. The summed E-state index contributed by atoms with van der Waals surface area (Å²) in [6, 6.07) is 14.6. The maximum absolute atomic E-state index is 12.2. The standard InChI is InChI=1S/C16H13ClN2O2S/c1-10(21-12-8-6-11(17)7-9-12)15(20)19-16-18-13-4-2-3-5-14(13)22-16/h2-10H,1H3,(H,18,19,20)/t10-/m1/s1. The van der Waals surface area contributed by atoms with E-state index in [0.717, 1.165) is 10.2 Å². The van der Waals surface area contributed by atoms with Crippen LogP contribution in [-0.2, 0) is 4.79 Å². The number of carbonyl (C=O) groups is 1. The number of halogens is 1. The number of ether oxygens (including phenoxy) is 1. The van der Waals surface area contributed by atoms with Crippen LogP contribution in [0.3, 0.4) is 0 Å². The van der Waals surface area contributed by atoms with Crippen molar-refractivity contribution in [2.45, 2.75) is 13.0 Å². The van der Waals surface area contributed by atoms with E-state index in [1.165, 1.54) is 11.3 Å². The van der Waals surface area contributed by atoms with Crippen molar-refractivity contribution in [2.75, 3.05) is 5.32 Å². The van der Waals surface area contributed by atoms with Gasteiger partial charge in [-0.25, -0.2) is 4.98 Å². The third kappa shape index (κ3) is 3.37. The molecule has 0 aliphatic rings. The van der Waals surface area contributed by atoms with Gasteiger partial charge < -0.3 is 4.74 Å². The van der Waals surface area contributed by atoms with Crippen molar-refractivity contribution in [1.29, 1.82) is 0 Å². The first-order valence-electron chi connectivity index (χ1n) is 6.70. The smallest absolute Gasteiger partial charge is 0.266 e. The highest BCUT2D eigenvalue weighted by atomic mass is 35.5. The normalized spacial score (nSPS) is 12.1. The summed E-state index contributed by atoms with van der Waals surface area (Å²) in [6.07, 6.45) is -0.631. The summed E-state index contributed by atoms with van der Waals surface area (Å²) in [7, 11) is 0. The van der Waals surface area contributed by atoms with E-state index in [1.807, 2.05) is 24.3 Å². The third-order valence-corrected chi connectivity index (χ3v) is 4.22. The van der Waals surface area contributed by atoms with Crippen molar-refractivity contribution in [2.24, 2.45) is 0 Å². The number of nitrogens with one attached hydrogen (secondary N) is 1. The van der Waals surface area contributed by atoms with E-state index in [-0.39, 0.29) is 5.91 Å². The molecule has 112 valence electrons. The zero-order chi connectivity index (χ0) is 15.5. The van der Waals surface area contributed by atoms with Crippen molar-refractivity contribution in [3.8, 4) is 5.75 Å². The fourth-order valence-electron chi connectivity index (χ4n) is 1.90. The molecule has 2 aromatic carbocycles. The van der Waals surface area contributed by atoms with E-state index in [4.69, 9.17) is 16.3 Å². The average Bonchev–Trinajstić information content (AvgIpc) is 2.91. The summed E-state index contributed by atoms with van der Waals surface area (Å²) in [5.41, 5.74) is 0.870. The van der Waals surface area contributed by atoms with Crippen LogP contribution in [0.25, 0.3) is 10.2 Å². The molecule has 0 saturated heterocycles. The number of hydrogen-bond donors (Lipinski definition) is 1. The van der Waals surface area contributed by atoms with Crippen LogP contribution in [0.2, 0.25) is 5.02 Å². The molecule has 0 unspecified atom stereocenters. The Balaban J connectivity index is 1.66. The molecule has 0 saturated carbocycles. The van der Waals surface area contributed by atoms with Gasteiger partial charge in [-0.1, -0.05) is 35.1 Å². The van der Waals surface area contributed by atoms with Crippen molar-refractivity contribution in [3.05, 3.63) is 53.6 Å². The number of carbonyl (C=O) groups excluding carboxylic acids is 1. The van der Waals surface area contributed by atoms with E-state index in [1.54, 1.807) is 31.2 Å². The quantitative estimate of drug-likeness (QED) is 0.772. The van der Waals surface area contributed by atoms with Crippen LogP contribution < -0.4 is 10.1 Å². The predicted octanol–water partition coefficient (Wildman–Crippen LogP) is 4.36. The van der Waals surface area contributed by atoms with Gasteiger partial charge in [0.15, 0.2) is 11.2 Å². The molecule has 0 aliphatic heterocycles. The molecule has 0 aliphatic carbocycles. The van der Waals surface area contributed by atoms with Crippen molar-refractivity contribution in [1.82, 2.24) is 4.98 Å². The molecule has 3 rings (SSSR count). The van der Waals surface area contributed by atoms with Crippen molar-refractivity contribution in [3.63, 3.8) is 0 Å². The second-order valence-electron chi connectivity index (χ2n) is 4.69. The van der Waals surface area contributed by atoms with Gasteiger partial charge in [0.2, 0.25) is 0 Å². The van der Waals surface area contributed by atoms with Gasteiger partial charge in [0.25, 0.3) is 5.91 Å². The van der Waals surface area contributed by atoms with Crippen LogP contribution in [-0.4, -0.2) is 17.0 Å². The summed E-state index contributed by atoms with van der Waals surface area (Å²) in [6.45, 7) is 1.69. The second-order valence-corrected chi connectivity index (χ2v) is 6.16. The van der Waals surface area contributed by atoms with Gasteiger partial charge in [-0.3, -0.25) is 10.1 Å². The first kappa shape index (κ1) is 14.8. The Labute approximate surface area is 136 Å². The number of fused-ring (bicyclic) bond motifs is 1. The molecule has 6 heteroatoms. The second kappa shape index (κ2) is 6.34. The van der Waals surface area contributed by atoms with Gasteiger partial charge in [0, 0.05) is 5.02 Å². The molecule has 1 amide bonds. The minimum Gasteiger partial charge on any atom is -0.481 e. The molecule has 1 atom stereocenters. The number of hydrogen-bond acceptors (Lipinski definition) is 4. The van der Waals surface area contributed by atoms with Gasteiger partial charge in [0.05, 0.1) is 10.2 Å². The maximum atomic E-state index is 12.2. The minimum absolute atomic E-state index is 0.242. The summed E-state index contributed by atoms with van der Waals surface area (Å²) >= 11 is 7.25. The Bertz CT molecular complexity index is 768. The third-order valence-electron chi connectivity index (χ3n) is 3.02. The van der Waals surface area contributed by atoms with E-state index in [9.17, 15) is 4.79 Å². The highest BCUT2D eigenvalue weighted by Crippen LogP contribution is 2.25. The lowest BCUT2D eigenvalue weighted by Crippen LogP contribution is -2.30. The molecule has 3 aromatic rings. The highest BCUT2D eigenvalue weighted by molar-refractivity contribution is 7.22. The van der Waals surface area contributed by atoms with Crippen molar-refractivity contribution >= 4 is 44.2 Å². The number of thiazole rings is 1. The fraction of sp³-hybridized carbons (Fsp3) is 0.125. The predicted molar refractivity (Wildman–Crippen MR) is 89.8 cm³/mol. The number of anilines is 1. The van der Waals surface area contributed by atoms with Crippen LogP contribution in [0, 0.1) is 0 Å². The number of benzene rings is 2. The number of para-hydroxylation sites is 1. The molecule has 1 N–H and O–H groups in total. The molecule has 22 heavy (non-hydrogen) atoms. The molecule has 1 aromatic heterocycles. The van der Waals surface area contributed by atoms with Crippen LogP contribution in [0.4, 0.5) is 5.13 Å². The lowest BCUT2D eigenvalue weighted by atomic mass is 10.3. The van der Waals surface area contributed by atoms with Gasteiger partial charge in [-0.15, -0.1) is 0 Å². The van der Waals surface area contributed by atoms with Crippen LogP contribution in [0.5, 0.6) is 5.75 Å². The topological polar surface area (TPSA) is 51.2 Å². The molecule has 4 nitrogen and oxygen atoms in total. The Morgan fingerprint density at radius 1 is 1.23 bits per heavy atom.